The van der Waals surface area contributed by atoms with Gasteiger partial charge in [-0.1, -0.05) is 0 Å². The smallest absolute Gasteiger partial charge is 0.161 e. The Bertz CT molecular complexity index is 394. The Morgan fingerprint density at radius 3 is 2.67 bits per heavy atom. The van der Waals surface area contributed by atoms with E-state index in [1.165, 1.54) is 0 Å². The van der Waals surface area contributed by atoms with Gasteiger partial charge >= 0.3 is 0 Å². The van der Waals surface area contributed by atoms with Gasteiger partial charge in [0.1, 0.15) is 5.69 Å². The van der Waals surface area contributed by atoms with Crippen molar-refractivity contribution in [2.75, 3.05) is 0 Å². The Labute approximate surface area is 69.5 Å². The summed E-state index contributed by atoms with van der Waals surface area (Å²) >= 11 is 0. The Morgan fingerprint density at radius 2 is 2.00 bits per heavy atom. The van der Waals surface area contributed by atoms with Crippen LogP contribution in [0.4, 0.5) is 0 Å². The van der Waals surface area contributed by atoms with Crippen molar-refractivity contribution in [3.05, 3.63) is 30.5 Å². The van der Waals surface area contributed by atoms with Crippen LogP contribution < -0.4 is 0 Å². The number of imidazole rings is 1. The molecular formula is C8H9N3O. The zero-order valence-electron chi connectivity index (χ0n) is 6.68. The number of aromatic nitrogens is 3. The topological polar surface area (TPSA) is 50.4 Å². The quantitative estimate of drug-likeness (QED) is 0.676. The third kappa shape index (κ3) is 0.967. The Morgan fingerprint density at radius 1 is 1.33 bits per heavy atom. The third-order valence-corrected chi connectivity index (χ3v) is 1.73. The first-order valence-electron chi connectivity index (χ1n) is 3.74. The maximum absolute atomic E-state index is 9.32. The van der Waals surface area contributed by atoms with Crippen LogP contribution in [0.3, 0.4) is 0 Å². The lowest BCUT2D eigenvalue weighted by molar-refractivity contribution is 0.195. The van der Waals surface area contributed by atoms with E-state index in [1.54, 1.807) is 25.5 Å². The van der Waals surface area contributed by atoms with Crippen molar-refractivity contribution in [3.8, 4) is 0 Å². The van der Waals surface area contributed by atoms with Crippen molar-refractivity contribution in [2.24, 2.45) is 0 Å². The highest BCUT2D eigenvalue weighted by Gasteiger charge is 2.07. The summed E-state index contributed by atoms with van der Waals surface area (Å²) in [6.45, 7) is 1.68. The molecule has 1 unspecified atom stereocenters. The summed E-state index contributed by atoms with van der Waals surface area (Å²) in [5, 5.41) is 9.32. The molecule has 2 rings (SSSR count). The molecule has 0 aliphatic carbocycles. The van der Waals surface area contributed by atoms with Crippen molar-refractivity contribution in [2.45, 2.75) is 13.0 Å². The van der Waals surface area contributed by atoms with Crippen LogP contribution in [0.25, 0.3) is 5.65 Å². The predicted octanol–water partition coefficient (Wildman–Crippen LogP) is 0.783. The Hall–Kier alpha value is -1.42. The van der Waals surface area contributed by atoms with Crippen LogP contribution in [0, 0.1) is 0 Å². The van der Waals surface area contributed by atoms with E-state index >= 15 is 0 Å². The second-order valence-electron chi connectivity index (χ2n) is 2.65. The molecule has 0 aliphatic rings. The lowest BCUT2D eigenvalue weighted by Crippen LogP contribution is -1.99. The van der Waals surface area contributed by atoms with Crippen LogP contribution in [-0.2, 0) is 0 Å². The standard InChI is InChI=1S/C8H9N3O/c1-6(12)7-8-10-3-5-11(8)4-2-9-7/h2-6,12H,1H3. The molecule has 0 aromatic carbocycles. The molecule has 0 amide bonds. The van der Waals surface area contributed by atoms with E-state index in [0.717, 1.165) is 0 Å². The molecule has 2 heterocycles. The molecule has 2 aromatic rings. The zero-order valence-corrected chi connectivity index (χ0v) is 6.68. The second-order valence-corrected chi connectivity index (χ2v) is 2.65. The number of aliphatic hydroxyl groups is 1. The minimum absolute atomic E-state index is 0.573. The van der Waals surface area contributed by atoms with Gasteiger partial charge in [-0.05, 0) is 6.92 Å². The molecule has 0 bridgehead atoms. The van der Waals surface area contributed by atoms with E-state index in [0.29, 0.717) is 11.3 Å². The maximum Gasteiger partial charge on any atom is 0.161 e. The SMILES string of the molecule is CC(O)c1nccn2ccnc12. The Kier molecular flexibility index (Phi) is 1.55. The highest BCUT2D eigenvalue weighted by molar-refractivity contribution is 5.44. The van der Waals surface area contributed by atoms with Crippen LogP contribution in [-0.4, -0.2) is 19.5 Å². The molecule has 0 saturated carbocycles. The average molecular weight is 163 g/mol. The Balaban J connectivity index is 2.73. The van der Waals surface area contributed by atoms with Gasteiger partial charge in [0.25, 0.3) is 0 Å². The maximum atomic E-state index is 9.32. The molecule has 4 heteroatoms. The molecule has 1 N–H and O–H groups in total. The number of aliphatic hydroxyl groups excluding tert-OH is 1. The molecule has 2 aromatic heterocycles. The predicted molar refractivity (Wildman–Crippen MR) is 43.6 cm³/mol. The van der Waals surface area contributed by atoms with E-state index in [2.05, 4.69) is 9.97 Å². The molecule has 12 heavy (non-hydrogen) atoms. The third-order valence-electron chi connectivity index (χ3n) is 1.73. The van der Waals surface area contributed by atoms with Crippen LogP contribution >= 0.6 is 0 Å². The fourth-order valence-corrected chi connectivity index (χ4v) is 1.17. The van der Waals surface area contributed by atoms with Crippen molar-refractivity contribution in [3.63, 3.8) is 0 Å². The van der Waals surface area contributed by atoms with E-state index in [1.807, 2.05) is 10.6 Å². The van der Waals surface area contributed by atoms with E-state index in [-0.39, 0.29) is 0 Å². The summed E-state index contributed by atoms with van der Waals surface area (Å²) in [5.41, 5.74) is 1.33. The highest BCUT2D eigenvalue weighted by Crippen LogP contribution is 2.13. The van der Waals surface area contributed by atoms with Crippen molar-refractivity contribution in [1.29, 1.82) is 0 Å². The zero-order chi connectivity index (χ0) is 8.55. The highest BCUT2D eigenvalue weighted by atomic mass is 16.3. The van der Waals surface area contributed by atoms with Gasteiger partial charge in [0.2, 0.25) is 0 Å². The molecule has 0 radical (unpaired) electrons. The van der Waals surface area contributed by atoms with Crippen LogP contribution in [0.5, 0.6) is 0 Å². The van der Waals surface area contributed by atoms with Gasteiger partial charge in [-0.15, -0.1) is 0 Å². The molecule has 0 spiro atoms. The number of rotatable bonds is 1. The van der Waals surface area contributed by atoms with Crippen LogP contribution in [0.15, 0.2) is 24.8 Å². The fraction of sp³-hybridized carbons (Fsp3) is 0.250. The summed E-state index contributed by atoms with van der Waals surface area (Å²) in [4.78, 5) is 8.13. The van der Waals surface area contributed by atoms with Gasteiger partial charge in [0, 0.05) is 24.8 Å². The van der Waals surface area contributed by atoms with E-state index in [4.69, 9.17) is 0 Å². The largest absolute Gasteiger partial charge is 0.387 e. The molecular weight excluding hydrogens is 154 g/mol. The lowest BCUT2D eigenvalue weighted by atomic mass is 10.3. The monoisotopic (exact) mass is 163 g/mol. The molecule has 4 nitrogen and oxygen atoms in total. The first kappa shape index (κ1) is 7.24. The molecule has 1 atom stereocenters. The first-order valence-corrected chi connectivity index (χ1v) is 3.74. The molecule has 0 fully saturated rings. The lowest BCUT2D eigenvalue weighted by Gasteiger charge is -2.03. The minimum Gasteiger partial charge on any atom is -0.387 e. The summed E-state index contributed by atoms with van der Waals surface area (Å²) in [6, 6.07) is 0. The average Bonchev–Trinajstić information content (AvgIpc) is 2.49. The van der Waals surface area contributed by atoms with Gasteiger partial charge in [-0.3, -0.25) is 4.98 Å². The van der Waals surface area contributed by atoms with Gasteiger partial charge in [0.05, 0.1) is 6.10 Å². The van der Waals surface area contributed by atoms with Gasteiger partial charge < -0.3 is 9.51 Å². The second kappa shape index (κ2) is 2.57. The number of fused-ring (bicyclic) bond motifs is 1. The summed E-state index contributed by atoms with van der Waals surface area (Å²) in [5.74, 6) is 0. The van der Waals surface area contributed by atoms with Crippen LogP contribution in [0.1, 0.15) is 18.7 Å². The van der Waals surface area contributed by atoms with Crippen molar-refractivity contribution >= 4 is 5.65 Å². The van der Waals surface area contributed by atoms with Gasteiger partial charge in [-0.25, -0.2) is 4.98 Å². The first-order chi connectivity index (χ1) is 5.79. The van der Waals surface area contributed by atoms with Crippen molar-refractivity contribution < 1.29 is 5.11 Å². The summed E-state index contributed by atoms with van der Waals surface area (Å²) < 4.78 is 1.83. The van der Waals surface area contributed by atoms with Crippen LogP contribution in [0.2, 0.25) is 0 Å². The minimum atomic E-state index is -0.573. The fourth-order valence-electron chi connectivity index (χ4n) is 1.17. The van der Waals surface area contributed by atoms with Crippen molar-refractivity contribution in [1.82, 2.24) is 14.4 Å². The number of nitrogens with zero attached hydrogens (tertiary/aromatic N) is 3. The van der Waals surface area contributed by atoms with E-state index in [9.17, 15) is 5.11 Å². The molecule has 0 aliphatic heterocycles. The molecule has 62 valence electrons. The summed E-state index contributed by atoms with van der Waals surface area (Å²) in [6.07, 6.45) is 6.38. The number of hydrogen-bond acceptors (Lipinski definition) is 3. The number of hydrogen-bond donors (Lipinski definition) is 1. The van der Waals surface area contributed by atoms with E-state index < -0.39 is 6.10 Å². The normalized spacial score (nSPS) is 13.5. The van der Waals surface area contributed by atoms with Gasteiger partial charge in [0.15, 0.2) is 5.65 Å². The summed E-state index contributed by atoms with van der Waals surface area (Å²) in [7, 11) is 0. The molecule has 0 saturated heterocycles. The van der Waals surface area contributed by atoms with Gasteiger partial charge in [-0.2, -0.15) is 0 Å².